The summed E-state index contributed by atoms with van der Waals surface area (Å²) in [6.45, 7) is 0. The van der Waals surface area contributed by atoms with Gasteiger partial charge in [0.15, 0.2) is 0 Å². The Balaban J connectivity index is 1.98. The van der Waals surface area contributed by atoms with Crippen LogP contribution in [-0.4, -0.2) is 22.2 Å². The molecule has 0 aliphatic heterocycles. The van der Waals surface area contributed by atoms with E-state index in [1.165, 1.54) is 19.3 Å². The van der Waals surface area contributed by atoms with Crippen molar-refractivity contribution in [2.24, 2.45) is 0 Å². The molecule has 1 fully saturated rings. The van der Waals surface area contributed by atoms with Gasteiger partial charge in [-0.3, -0.25) is 0 Å². The van der Waals surface area contributed by atoms with Crippen LogP contribution in [-0.2, 0) is 0 Å². The maximum absolute atomic E-state index is 11.3. The van der Waals surface area contributed by atoms with Gasteiger partial charge in [0, 0.05) is 17.0 Å². The van der Waals surface area contributed by atoms with E-state index >= 15 is 0 Å². The second-order valence-electron chi connectivity index (χ2n) is 5.20. The highest BCUT2D eigenvalue weighted by Gasteiger charge is 2.18. The van der Waals surface area contributed by atoms with Crippen molar-refractivity contribution in [3.8, 4) is 5.88 Å². The average Bonchev–Trinajstić information content (AvgIpc) is 2.48. The Bertz CT molecular complexity index is 633. The third kappa shape index (κ3) is 2.46. The molecule has 104 valence electrons. The van der Waals surface area contributed by atoms with E-state index < -0.39 is 5.97 Å². The number of carboxylic acid groups (broad SMARTS) is 1. The topological polar surface area (TPSA) is 59.4 Å². The molecule has 2 aromatic rings. The number of hydrogen-bond donors (Lipinski definition) is 1. The predicted octanol–water partition coefficient (Wildman–Crippen LogP) is 3.64. The molecule has 1 aliphatic carbocycles. The van der Waals surface area contributed by atoms with Crippen LogP contribution in [0.5, 0.6) is 5.88 Å². The number of ether oxygens (including phenoxy) is 1. The lowest BCUT2D eigenvalue weighted by Crippen LogP contribution is -2.20. The molecular weight excluding hydrogens is 254 g/mol. The number of rotatable bonds is 3. The first-order valence-corrected chi connectivity index (χ1v) is 7.03. The van der Waals surface area contributed by atoms with Crippen LogP contribution in [0.4, 0.5) is 0 Å². The lowest BCUT2D eigenvalue weighted by molar-refractivity contribution is 0.0699. The van der Waals surface area contributed by atoms with Crippen LogP contribution in [0.25, 0.3) is 10.8 Å². The normalized spacial score (nSPS) is 16.2. The molecule has 4 heteroatoms. The zero-order valence-corrected chi connectivity index (χ0v) is 11.2. The number of benzene rings is 1. The van der Waals surface area contributed by atoms with E-state index in [2.05, 4.69) is 4.98 Å². The molecule has 3 rings (SSSR count). The fraction of sp³-hybridized carbons (Fsp3) is 0.375. The molecule has 1 N–H and O–H groups in total. The van der Waals surface area contributed by atoms with E-state index in [9.17, 15) is 9.90 Å². The Labute approximate surface area is 117 Å². The van der Waals surface area contributed by atoms with Crippen LogP contribution in [0, 0.1) is 0 Å². The Morgan fingerprint density at radius 1 is 1.15 bits per heavy atom. The van der Waals surface area contributed by atoms with Crippen molar-refractivity contribution in [1.82, 2.24) is 4.98 Å². The Kier molecular flexibility index (Phi) is 3.54. The van der Waals surface area contributed by atoms with Crippen LogP contribution in [0.3, 0.4) is 0 Å². The molecule has 0 spiro atoms. The molecule has 1 aliphatic rings. The summed E-state index contributed by atoms with van der Waals surface area (Å²) < 4.78 is 6.00. The molecule has 0 radical (unpaired) electrons. The summed E-state index contributed by atoms with van der Waals surface area (Å²) in [5.41, 5.74) is 0.290. The van der Waals surface area contributed by atoms with Crippen LogP contribution in [0.1, 0.15) is 42.5 Å². The standard InChI is InChI=1S/C16H17NO3/c18-16(19)14-8-4-7-13-12(14)9-10-17-15(13)20-11-5-2-1-3-6-11/h4,7-11H,1-3,5-6H2,(H,18,19). The van der Waals surface area contributed by atoms with Crippen molar-refractivity contribution in [3.05, 3.63) is 36.0 Å². The van der Waals surface area contributed by atoms with E-state index in [4.69, 9.17) is 4.74 Å². The molecule has 1 saturated carbocycles. The number of carbonyl (C=O) groups is 1. The minimum atomic E-state index is -0.926. The van der Waals surface area contributed by atoms with E-state index in [0.717, 1.165) is 18.2 Å². The number of hydrogen-bond acceptors (Lipinski definition) is 3. The smallest absolute Gasteiger partial charge is 0.336 e. The lowest BCUT2D eigenvalue weighted by atomic mass is 9.98. The fourth-order valence-corrected chi connectivity index (χ4v) is 2.80. The van der Waals surface area contributed by atoms with Crippen molar-refractivity contribution in [2.75, 3.05) is 0 Å². The minimum Gasteiger partial charge on any atom is -0.478 e. The number of carboxylic acids is 1. The van der Waals surface area contributed by atoms with Crippen molar-refractivity contribution in [3.63, 3.8) is 0 Å². The van der Waals surface area contributed by atoms with Crippen LogP contribution in [0.2, 0.25) is 0 Å². The third-order valence-corrected chi connectivity index (χ3v) is 3.83. The quantitative estimate of drug-likeness (QED) is 0.925. The summed E-state index contributed by atoms with van der Waals surface area (Å²) in [5.74, 6) is -0.372. The third-order valence-electron chi connectivity index (χ3n) is 3.83. The first-order valence-electron chi connectivity index (χ1n) is 7.03. The van der Waals surface area contributed by atoms with Crippen LogP contribution >= 0.6 is 0 Å². The Hall–Kier alpha value is -2.10. The number of nitrogens with zero attached hydrogens (tertiary/aromatic N) is 1. The van der Waals surface area contributed by atoms with Crippen molar-refractivity contribution < 1.29 is 14.6 Å². The molecule has 1 heterocycles. The first kappa shape index (κ1) is 12.9. The van der Waals surface area contributed by atoms with Crippen molar-refractivity contribution in [1.29, 1.82) is 0 Å². The largest absolute Gasteiger partial charge is 0.478 e. The Morgan fingerprint density at radius 3 is 2.70 bits per heavy atom. The van der Waals surface area contributed by atoms with Gasteiger partial charge in [-0.1, -0.05) is 12.5 Å². The van der Waals surface area contributed by atoms with Gasteiger partial charge in [0.1, 0.15) is 6.10 Å². The molecule has 1 aromatic carbocycles. The molecule has 20 heavy (non-hydrogen) atoms. The van der Waals surface area contributed by atoms with E-state index in [-0.39, 0.29) is 6.10 Å². The van der Waals surface area contributed by atoms with Gasteiger partial charge >= 0.3 is 5.97 Å². The number of fused-ring (bicyclic) bond motifs is 1. The van der Waals surface area contributed by atoms with Gasteiger partial charge in [-0.15, -0.1) is 0 Å². The highest BCUT2D eigenvalue weighted by atomic mass is 16.5. The van der Waals surface area contributed by atoms with E-state index in [1.807, 2.05) is 6.07 Å². The molecule has 0 bridgehead atoms. The number of aromatic carboxylic acids is 1. The summed E-state index contributed by atoms with van der Waals surface area (Å²) in [5, 5.41) is 10.7. The Morgan fingerprint density at radius 2 is 1.95 bits per heavy atom. The molecule has 0 amide bonds. The zero-order chi connectivity index (χ0) is 13.9. The molecule has 0 unspecified atom stereocenters. The van der Waals surface area contributed by atoms with Gasteiger partial charge in [-0.25, -0.2) is 9.78 Å². The second-order valence-corrected chi connectivity index (χ2v) is 5.20. The second kappa shape index (κ2) is 5.49. The predicted molar refractivity (Wildman–Crippen MR) is 76.2 cm³/mol. The SMILES string of the molecule is O=C(O)c1cccc2c(OC3CCCCC3)nccc12. The van der Waals surface area contributed by atoms with Gasteiger partial charge in [0.05, 0.1) is 5.56 Å². The first-order chi connectivity index (χ1) is 9.75. The molecule has 4 nitrogen and oxygen atoms in total. The summed E-state index contributed by atoms with van der Waals surface area (Å²) in [7, 11) is 0. The van der Waals surface area contributed by atoms with Gasteiger partial charge in [-0.05, 0) is 43.9 Å². The maximum atomic E-state index is 11.3. The molecule has 0 saturated heterocycles. The summed E-state index contributed by atoms with van der Waals surface area (Å²) in [6.07, 6.45) is 7.58. The van der Waals surface area contributed by atoms with Crippen LogP contribution < -0.4 is 4.74 Å². The van der Waals surface area contributed by atoms with Crippen molar-refractivity contribution >= 4 is 16.7 Å². The van der Waals surface area contributed by atoms with Gasteiger partial charge < -0.3 is 9.84 Å². The summed E-state index contributed by atoms with van der Waals surface area (Å²) in [6, 6.07) is 6.94. The molecule has 0 atom stereocenters. The van der Waals surface area contributed by atoms with Crippen molar-refractivity contribution in [2.45, 2.75) is 38.2 Å². The van der Waals surface area contributed by atoms with E-state index in [1.54, 1.807) is 24.4 Å². The highest BCUT2D eigenvalue weighted by molar-refractivity contribution is 6.04. The van der Waals surface area contributed by atoms with Gasteiger partial charge in [0.25, 0.3) is 0 Å². The van der Waals surface area contributed by atoms with Gasteiger partial charge in [0.2, 0.25) is 5.88 Å². The van der Waals surface area contributed by atoms with Crippen LogP contribution in [0.15, 0.2) is 30.5 Å². The lowest BCUT2D eigenvalue weighted by Gasteiger charge is -2.23. The van der Waals surface area contributed by atoms with E-state index in [0.29, 0.717) is 16.8 Å². The number of aromatic nitrogens is 1. The average molecular weight is 271 g/mol. The number of pyridine rings is 1. The summed E-state index contributed by atoms with van der Waals surface area (Å²) >= 11 is 0. The molecule has 1 aromatic heterocycles. The minimum absolute atomic E-state index is 0.204. The molecular formula is C16H17NO3. The maximum Gasteiger partial charge on any atom is 0.336 e. The zero-order valence-electron chi connectivity index (χ0n) is 11.2. The highest BCUT2D eigenvalue weighted by Crippen LogP contribution is 2.29. The fourth-order valence-electron chi connectivity index (χ4n) is 2.80. The van der Waals surface area contributed by atoms with Gasteiger partial charge in [-0.2, -0.15) is 0 Å². The summed E-state index contributed by atoms with van der Waals surface area (Å²) in [4.78, 5) is 15.5. The monoisotopic (exact) mass is 271 g/mol.